The van der Waals surface area contributed by atoms with Crippen molar-refractivity contribution in [2.24, 2.45) is 0 Å². The fourth-order valence-electron chi connectivity index (χ4n) is 3.15. The lowest BCUT2D eigenvalue weighted by Gasteiger charge is -2.28. The van der Waals surface area contributed by atoms with Crippen LogP contribution in [0.2, 0.25) is 0 Å². The lowest BCUT2D eigenvalue weighted by molar-refractivity contribution is -0.116. The number of carbonyl (C=O) groups is 1. The molecule has 1 aliphatic rings. The second kappa shape index (κ2) is 10.1. The number of hydrogen-bond donors (Lipinski definition) is 2. The predicted molar refractivity (Wildman–Crippen MR) is 110 cm³/mol. The van der Waals surface area contributed by atoms with E-state index in [1.165, 1.54) is 16.8 Å². The normalized spacial score (nSPS) is 14.2. The molecule has 0 aromatic heterocycles. The number of hydrogen-bond acceptors (Lipinski definition) is 4. The number of morpholine rings is 1. The van der Waals surface area contributed by atoms with Crippen LogP contribution in [0, 0.1) is 0 Å². The molecule has 0 spiro atoms. The highest BCUT2D eigenvalue weighted by Crippen LogP contribution is 2.17. The zero-order chi connectivity index (χ0) is 18.9. The number of carbonyl (C=O) groups excluding carboxylic acids is 1. The predicted octanol–water partition coefficient (Wildman–Crippen LogP) is 3.55. The van der Waals surface area contributed by atoms with Gasteiger partial charge in [-0.15, -0.1) is 0 Å². The molecule has 2 aromatic carbocycles. The molecule has 0 radical (unpaired) electrons. The molecule has 2 aromatic rings. The van der Waals surface area contributed by atoms with E-state index in [9.17, 15) is 4.79 Å². The van der Waals surface area contributed by atoms with E-state index in [4.69, 9.17) is 4.74 Å². The zero-order valence-electron chi connectivity index (χ0n) is 16.0. The van der Waals surface area contributed by atoms with Crippen LogP contribution in [-0.4, -0.2) is 32.2 Å². The van der Waals surface area contributed by atoms with Crippen molar-refractivity contribution in [3.63, 3.8) is 0 Å². The number of rotatable bonds is 8. The molecule has 5 heteroatoms. The third-order valence-corrected chi connectivity index (χ3v) is 4.69. The van der Waals surface area contributed by atoms with Crippen LogP contribution in [0.4, 0.5) is 11.4 Å². The van der Waals surface area contributed by atoms with Crippen molar-refractivity contribution in [2.45, 2.75) is 32.9 Å². The summed E-state index contributed by atoms with van der Waals surface area (Å²) in [6.07, 6.45) is 1.43. The van der Waals surface area contributed by atoms with E-state index in [1.807, 2.05) is 19.1 Å². The molecule has 0 saturated carbocycles. The van der Waals surface area contributed by atoms with Crippen molar-refractivity contribution in [3.05, 3.63) is 59.7 Å². The summed E-state index contributed by atoms with van der Waals surface area (Å²) in [6.45, 7) is 7.19. The fraction of sp³-hybridized carbons (Fsp3) is 0.409. The van der Waals surface area contributed by atoms with Crippen LogP contribution in [0.5, 0.6) is 0 Å². The van der Waals surface area contributed by atoms with Crippen LogP contribution in [0.25, 0.3) is 0 Å². The van der Waals surface area contributed by atoms with Gasteiger partial charge < -0.3 is 20.3 Å². The molecule has 0 unspecified atom stereocenters. The molecule has 0 aliphatic carbocycles. The van der Waals surface area contributed by atoms with Crippen molar-refractivity contribution in [1.29, 1.82) is 0 Å². The molecule has 5 nitrogen and oxygen atoms in total. The van der Waals surface area contributed by atoms with E-state index in [-0.39, 0.29) is 5.91 Å². The smallest absolute Gasteiger partial charge is 0.224 e. The number of benzene rings is 2. The van der Waals surface area contributed by atoms with E-state index in [1.54, 1.807) is 0 Å². The number of amides is 1. The number of nitrogens with one attached hydrogen (secondary N) is 2. The van der Waals surface area contributed by atoms with Gasteiger partial charge in [0.1, 0.15) is 0 Å². The van der Waals surface area contributed by atoms with Crippen molar-refractivity contribution < 1.29 is 9.53 Å². The van der Waals surface area contributed by atoms with Crippen LogP contribution in [-0.2, 0) is 22.6 Å². The maximum Gasteiger partial charge on any atom is 0.224 e. The Morgan fingerprint density at radius 1 is 0.963 bits per heavy atom. The molecule has 2 N–H and O–H groups in total. The summed E-state index contributed by atoms with van der Waals surface area (Å²) in [5, 5.41) is 6.39. The van der Waals surface area contributed by atoms with Gasteiger partial charge in [0.2, 0.25) is 5.91 Å². The second-order valence-corrected chi connectivity index (χ2v) is 6.86. The quantitative estimate of drug-likeness (QED) is 0.749. The molecular weight excluding hydrogens is 338 g/mol. The molecular formula is C22H29N3O2. The molecule has 27 heavy (non-hydrogen) atoms. The van der Waals surface area contributed by atoms with Crippen molar-refractivity contribution in [2.75, 3.05) is 36.5 Å². The number of ether oxygens (including phenoxy) is 1. The van der Waals surface area contributed by atoms with E-state index >= 15 is 0 Å². The molecule has 144 valence electrons. The van der Waals surface area contributed by atoms with Crippen LogP contribution >= 0.6 is 0 Å². The minimum Gasteiger partial charge on any atom is -0.378 e. The maximum absolute atomic E-state index is 11.6. The summed E-state index contributed by atoms with van der Waals surface area (Å²) in [4.78, 5) is 14.0. The van der Waals surface area contributed by atoms with E-state index in [0.29, 0.717) is 6.42 Å². The van der Waals surface area contributed by atoms with Gasteiger partial charge in [0.25, 0.3) is 0 Å². The molecule has 1 amide bonds. The standard InChI is InChI=1S/C22H29N3O2/c1-2-3-22(26)24-20-8-4-18(5-9-20)16-23-17-19-6-10-21(11-7-19)25-12-14-27-15-13-25/h4-11,23H,2-3,12-17H2,1H3,(H,24,26). The molecule has 1 aliphatic heterocycles. The SMILES string of the molecule is CCCC(=O)Nc1ccc(CNCc2ccc(N3CCOCC3)cc2)cc1. The van der Waals surface area contributed by atoms with Gasteiger partial charge in [-0.3, -0.25) is 4.79 Å². The molecule has 1 heterocycles. The first kappa shape index (κ1) is 19.4. The Morgan fingerprint density at radius 3 is 2.15 bits per heavy atom. The number of anilines is 2. The lowest BCUT2D eigenvalue weighted by Crippen LogP contribution is -2.36. The van der Waals surface area contributed by atoms with Gasteiger partial charge in [0.15, 0.2) is 0 Å². The zero-order valence-corrected chi connectivity index (χ0v) is 16.0. The van der Waals surface area contributed by atoms with Crippen LogP contribution in [0.3, 0.4) is 0 Å². The summed E-state index contributed by atoms with van der Waals surface area (Å²) in [7, 11) is 0. The minimum absolute atomic E-state index is 0.0731. The Hall–Kier alpha value is -2.37. The van der Waals surface area contributed by atoms with Crippen molar-refractivity contribution in [1.82, 2.24) is 5.32 Å². The van der Waals surface area contributed by atoms with E-state index in [2.05, 4.69) is 51.9 Å². The first-order valence-corrected chi connectivity index (χ1v) is 9.76. The van der Waals surface area contributed by atoms with Crippen molar-refractivity contribution in [3.8, 4) is 0 Å². The summed E-state index contributed by atoms with van der Waals surface area (Å²) < 4.78 is 5.40. The summed E-state index contributed by atoms with van der Waals surface area (Å²) >= 11 is 0. The van der Waals surface area contributed by atoms with Crippen LogP contribution in [0.15, 0.2) is 48.5 Å². The van der Waals surface area contributed by atoms with Crippen LogP contribution in [0.1, 0.15) is 30.9 Å². The van der Waals surface area contributed by atoms with Gasteiger partial charge >= 0.3 is 0 Å². The minimum atomic E-state index is 0.0731. The number of nitrogens with zero attached hydrogens (tertiary/aromatic N) is 1. The largest absolute Gasteiger partial charge is 0.378 e. The Morgan fingerprint density at radius 2 is 1.56 bits per heavy atom. The average Bonchev–Trinajstić information content (AvgIpc) is 2.71. The van der Waals surface area contributed by atoms with Crippen LogP contribution < -0.4 is 15.5 Å². The van der Waals surface area contributed by atoms with E-state index < -0.39 is 0 Å². The summed E-state index contributed by atoms with van der Waals surface area (Å²) in [6, 6.07) is 16.8. The van der Waals surface area contributed by atoms with Gasteiger partial charge in [-0.05, 0) is 41.8 Å². The average molecular weight is 367 g/mol. The molecule has 1 saturated heterocycles. The Bertz CT molecular complexity index is 707. The highest BCUT2D eigenvalue weighted by Gasteiger charge is 2.10. The van der Waals surface area contributed by atoms with Gasteiger partial charge in [0, 0.05) is 44.0 Å². The van der Waals surface area contributed by atoms with Crippen molar-refractivity contribution >= 4 is 17.3 Å². The first-order chi connectivity index (χ1) is 13.2. The van der Waals surface area contributed by atoms with E-state index in [0.717, 1.165) is 51.5 Å². The maximum atomic E-state index is 11.6. The van der Waals surface area contributed by atoms with Gasteiger partial charge in [-0.1, -0.05) is 31.2 Å². The first-order valence-electron chi connectivity index (χ1n) is 9.76. The van der Waals surface area contributed by atoms with Gasteiger partial charge in [0.05, 0.1) is 13.2 Å². The second-order valence-electron chi connectivity index (χ2n) is 6.86. The third kappa shape index (κ3) is 6.08. The van der Waals surface area contributed by atoms with Gasteiger partial charge in [-0.2, -0.15) is 0 Å². The summed E-state index contributed by atoms with van der Waals surface area (Å²) in [5.74, 6) is 0.0731. The monoisotopic (exact) mass is 367 g/mol. The Labute approximate surface area is 161 Å². The Kier molecular flexibility index (Phi) is 7.25. The van der Waals surface area contributed by atoms with Gasteiger partial charge in [-0.25, -0.2) is 0 Å². The highest BCUT2D eigenvalue weighted by molar-refractivity contribution is 5.90. The molecule has 0 bridgehead atoms. The molecule has 3 rings (SSSR count). The third-order valence-electron chi connectivity index (χ3n) is 4.69. The fourth-order valence-corrected chi connectivity index (χ4v) is 3.15. The Balaban J connectivity index is 1.43. The highest BCUT2D eigenvalue weighted by atomic mass is 16.5. The topological polar surface area (TPSA) is 53.6 Å². The lowest BCUT2D eigenvalue weighted by atomic mass is 10.1. The summed E-state index contributed by atoms with van der Waals surface area (Å²) in [5.41, 5.74) is 4.60. The molecule has 1 fully saturated rings. The molecule has 0 atom stereocenters.